The lowest BCUT2D eigenvalue weighted by Gasteiger charge is -2.03. The average Bonchev–Trinajstić information content (AvgIpc) is 2.01. The Morgan fingerprint density at radius 1 is 1.50 bits per heavy atom. The van der Waals surface area contributed by atoms with Crippen LogP contribution in [0.2, 0.25) is 5.15 Å². The second-order valence-electron chi connectivity index (χ2n) is 2.35. The van der Waals surface area contributed by atoms with Crippen molar-refractivity contribution in [3.05, 3.63) is 32.7 Å². The van der Waals surface area contributed by atoms with Gasteiger partial charge in [0.25, 0.3) is 17.2 Å². The quantitative estimate of drug-likeness (QED) is 0.639. The highest BCUT2D eigenvalue weighted by Crippen LogP contribution is 2.23. The first-order chi connectivity index (χ1) is 6.43. The molecule has 0 aliphatic rings. The van der Waals surface area contributed by atoms with Crippen molar-refractivity contribution in [3.63, 3.8) is 0 Å². The summed E-state index contributed by atoms with van der Waals surface area (Å²) in [6.45, 7) is 0. The summed E-state index contributed by atoms with van der Waals surface area (Å²) in [5, 5.41) is -1.51. The van der Waals surface area contributed by atoms with Crippen molar-refractivity contribution in [1.82, 2.24) is 4.98 Å². The molecular weight excluding hydrogens is 239 g/mol. The van der Waals surface area contributed by atoms with Crippen LogP contribution in [0.15, 0.2) is 10.9 Å². The molecule has 1 heterocycles. The van der Waals surface area contributed by atoms with Crippen LogP contribution in [0.4, 0.5) is 8.78 Å². The minimum absolute atomic E-state index is 0.271. The Balaban J connectivity index is 3.53. The third kappa shape index (κ3) is 2.10. The highest BCUT2D eigenvalue weighted by atomic mass is 35.5. The van der Waals surface area contributed by atoms with Gasteiger partial charge in [0.05, 0.1) is 0 Å². The molecule has 0 amide bonds. The van der Waals surface area contributed by atoms with Gasteiger partial charge < -0.3 is 4.98 Å². The highest BCUT2D eigenvalue weighted by Gasteiger charge is 2.21. The Kier molecular flexibility index (Phi) is 3.23. The minimum atomic E-state index is -2.98. The van der Waals surface area contributed by atoms with Crippen LogP contribution in [0.5, 0.6) is 0 Å². The SMILES string of the molecule is O=C(Cl)c1c(C(F)F)cc(Cl)[nH]c1=O. The molecule has 0 saturated heterocycles. The van der Waals surface area contributed by atoms with Gasteiger partial charge in [-0.1, -0.05) is 11.6 Å². The van der Waals surface area contributed by atoms with E-state index >= 15 is 0 Å². The van der Waals surface area contributed by atoms with Gasteiger partial charge in [0.1, 0.15) is 10.7 Å². The molecule has 0 radical (unpaired) electrons. The number of rotatable bonds is 2. The number of aromatic nitrogens is 1. The molecule has 1 aromatic rings. The fraction of sp³-hybridized carbons (Fsp3) is 0.143. The van der Waals surface area contributed by atoms with E-state index in [2.05, 4.69) is 0 Å². The fourth-order valence-electron chi connectivity index (χ4n) is 0.922. The number of pyridine rings is 1. The Morgan fingerprint density at radius 3 is 2.50 bits per heavy atom. The van der Waals surface area contributed by atoms with Gasteiger partial charge in [0.2, 0.25) is 0 Å². The molecule has 0 unspecified atom stereocenters. The van der Waals surface area contributed by atoms with Crippen LogP contribution in [-0.4, -0.2) is 10.2 Å². The van der Waals surface area contributed by atoms with Crippen LogP contribution in [0, 0.1) is 0 Å². The standard InChI is InChI=1S/C7H3Cl2F2NO2/c8-3-1-2(6(10)11)4(5(9)13)7(14)12-3/h1,6H,(H,12,14). The first-order valence-electron chi connectivity index (χ1n) is 3.34. The molecule has 0 aliphatic heterocycles. The van der Waals surface area contributed by atoms with Gasteiger partial charge in [-0.25, -0.2) is 8.78 Å². The monoisotopic (exact) mass is 241 g/mol. The second kappa shape index (κ2) is 4.06. The van der Waals surface area contributed by atoms with Crippen LogP contribution in [0.25, 0.3) is 0 Å². The Hall–Kier alpha value is -0.940. The van der Waals surface area contributed by atoms with Crippen LogP contribution in [0.3, 0.4) is 0 Å². The number of nitrogens with one attached hydrogen (secondary N) is 1. The first kappa shape index (κ1) is 11.1. The summed E-state index contributed by atoms with van der Waals surface area (Å²) in [4.78, 5) is 23.7. The number of carbonyl (C=O) groups excluding carboxylic acids is 1. The van der Waals surface area contributed by atoms with E-state index in [1.54, 1.807) is 0 Å². The van der Waals surface area contributed by atoms with E-state index in [1.807, 2.05) is 4.98 Å². The van der Waals surface area contributed by atoms with E-state index in [0.717, 1.165) is 6.07 Å². The summed E-state index contributed by atoms with van der Waals surface area (Å²) in [6, 6.07) is 0.795. The molecule has 0 atom stereocenters. The Labute approximate surface area is 86.6 Å². The van der Waals surface area contributed by atoms with E-state index in [9.17, 15) is 18.4 Å². The summed E-state index contributed by atoms with van der Waals surface area (Å²) < 4.78 is 24.7. The van der Waals surface area contributed by atoms with Gasteiger partial charge in [0, 0.05) is 5.56 Å². The normalized spacial score (nSPS) is 10.6. The van der Waals surface area contributed by atoms with Crippen LogP contribution in [0.1, 0.15) is 22.3 Å². The average molecular weight is 242 g/mol. The van der Waals surface area contributed by atoms with Crippen molar-refractivity contribution in [3.8, 4) is 0 Å². The summed E-state index contributed by atoms with van der Waals surface area (Å²) >= 11 is 10.3. The van der Waals surface area contributed by atoms with Crippen molar-refractivity contribution in [2.75, 3.05) is 0 Å². The lowest BCUT2D eigenvalue weighted by Crippen LogP contribution is -2.18. The van der Waals surface area contributed by atoms with Gasteiger partial charge >= 0.3 is 0 Å². The van der Waals surface area contributed by atoms with Gasteiger partial charge in [-0.2, -0.15) is 0 Å². The summed E-state index contributed by atoms with van der Waals surface area (Å²) in [5.74, 6) is 0. The molecule has 7 heteroatoms. The van der Waals surface area contributed by atoms with Gasteiger partial charge in [-0.15, -0.1) is 0 Å². The summed E-state index contributed by atoms with van der Waals surface area (Å²) in [5.41, 5.74) is -2.56. The Bertz CT molecular complexity index is 430. The van der Waals surface area contributed by atoms with Crippen LogP contribution < -0.4 is 5.56 Å². The predicted molar refractivity (Wildman–Crippen MR) is 47.2 cm³/mol. The molecule has 0 bridgehead atoms. The van der Waals surface area contributed by atoms with E-state index in [1.165, 1.54) is 0 Å². The predicted octanol–water partition coefficient (Wildman–Crippen LogP) is 2.34. The molecule has 0 fully saturated rings. The molecule has 0 aromatic carbocycles. The number of hydrogen-bond acceptors (Lipinski definition) is 2. The largest absolute Gasteiger partial charge is 0.312 e. The van der Waals surface area contributed by atoms with Crippen LogP contribution in [-0.2, 0) is 0 Å². The van der Waals surface area contributed by atoms with Gasteiger partial charge in [-0.3, -0.25) is 9.59 Å². The molecule has 1 rings (SSSR count). The number of halogens is 4. The number of aromatic amines is 1. The second-order valence-corrected chi connectivity index (χ2v) is 3.10. The maximum absolute atomic E-state index is 12.3. The van der Waals surface area contributed by atoms with Crippen molar-refractivity contribution in [2.45, 2.75) is 6.43 Å². The van der Waals surface area contributed by atoms with Gasteiger partial charge in [0.15, 0.2) is 0 Å². The zero-order valence-corrected chi connectivity index (χ0v) is 7.99. The molecule has 3 nitrogen and oxygen atoms in total. The third-order valence-corrected chi connectivity index (χ3v) is 1.86. The molecule has 14 heavy (non-hydrogen) atoms. The third-order valence-electron chi connectivity index (χ3n) is 1.46. The molecule has 1 aromatic heterocycles. The van der Waals surface area contributed by atoms with E-state index < -0.39 is 28.4 Å². The maximum Gasteiger partial charge on any atom is 0.264 e. The lowest BCUT2D eigenvalue weighted by atomic mass is 10.1. The number of carbonyl (C=O) groups is 1. The van der Waals surface area contributed by atoms with Crippen LogP contribution >= 0.6 is 23.2 Å². The molecule has 0 aliphatic carbocycles. The number of alkyl halides is 2. The zero-order valence-electron chi connectivity index (χ0n) is 6.48. The van der Waals surface area contributed by atoms with E-state index in [4.69, 9.17) is 23.2 Å². The van der Waals surface area contributed by atoms with Crippen molar-refractivity contribution < 1.29 is 13.6 Å². The minimum Gasteiger partial charge on any atom is -0.312 e. The molecular formula is C7H3Cl2F2NO2. The molecule has 76 valence electrons. The molecule has 0 spiro atoms. The Morgan fingerprint density at radius 2 is 2.07 bits per heavy atom. The highest BCUT2D eigenvalue weighted by molar-refractivity contribution is 6.67. The molecule has 0 saturated carbocycles. The van der Waals surface area contributed by atoms with E-state index in [0.29, 0.717) is 0 Å². The van der Waals surface area contributed by atoms with Crippen molar-refractivity contribution in [1.29, 1.82) is 0 Å². The summed E-state index contributed by atoms with van der Waals surface area (Å²) in [7, 11) is 0. The van der Waals surface area contributed by atoms with Crippen molar-refractivity contribution in [2.24, 2.45) is 0 Å². The number of hydrogen-bond donors (Lipinski definition) is 1. The summed E-state index contributed by atoms with van der Waals surface area (Å²) in [6.07, 6.45) is -2.98. The van der Waals surface area contributed by atoms with Gasteiger partial charge in [-0.05, 0) is 17.7 Å². The lowest BCUT2D eigenvalue weighted by molar-refractivity contribution is 0.106. The van der Waals surface area contributed by atoms with E-state index in [-0.39, 0.29) is 5.15 Å². The topological polar surface area (TPSA) is 49.9 Å². The van der Waals surface area contributed by atoms with Crippen molar-refractivity contribution >= 4 is 28.4 Å². The fourth-order valence-corrected chi connectivity index (χ4v) is 1.32. The maximum atomic E-state index is 12.3. The first-order valence-corrected chi connectivity index (χ1v) is 4.09. The zero-order chi connectivity index (χ0) is 10.9. The molecule has 1 N–H and O–H groups in total. The number of H-pyrrole nitrogens is 1. The smallest absolute Gasteiger partial charge is 0.264 e.